The molecule has 0 aliphatic rings. The van der Waals surface area contributed by atoms with Crippen LogP contribution in [-0.2, 0) is 10.1 Å². The van der Waals surface area contributed by atoms with Crippen molar-refractivity contribution >= 4 is 10.1 Å². The molecule has 0 radical (unpaired) electrons. The Bertz CT molecular complexity index is 415. The first-order valence-corrected chi connectivity index (χ1v) is 13.0. The average molecular weight is 445 g/mol. The fourth-order valence-corrected chi connectivity index (χ4v) is 4.54. The van der Waals surface area contributed by atoms with Crippen LogP contribution in [0.2, 0.25) is 0 Å². The van der Waals surface area contributed by atoms with Gasteiger partial charge in [-0.2, -0.15) is 0 Å². The van der Waals surface area contributed by atoms with E-state index in [1.807, 2.05) is 0 Å². The topological polar surface area (TPSA) is 77.4 Å². The van der Waals surface area contributed by atoms with Crippen molar-refractivity contribution in [3.63, 3.8) is 0 Å². The van der Waals surface area contributed by atoms with E-state index < -0.39 is 15.4 Å². The van der Waals surface area contributed by atoms with Crippen molar-refractivity contribution in [3.8, 4) is 0 Å². The van der Waals surface area contributed by atoms with Gasteiger partial charge in [0.2, 0.25) is 0 Å². The molecule has 0 spiro atoms. The predicted octanol–water partition coefficient (Wildman–Crippen LogP) is 3.33. The molecule has 0 fully saturated rings. The van der Waals surface area contributed by atoms with Crippen LogP contribution in [0, 0.1) is 0 Å². The Balaban J connectivity index is 0. The first-order valence-electron chi connectivity index (χ1n) is 11.5. The Morgan fingerprint density at radius 2 is 1.00 bits per heavy atom. The Morgan fingerprint density at radius 1 is 0.643 bits per heavy atom. The van der Waals surface area contributed by atoms with Gasteiger partial charge in [0.05, 0.1) is 16.2 Å². The Kier molecular flexibility index (Phi) is 24.6. The summed E-state index contributed by atoms with van der Waals surface area (Å²) in [7, 11) is -4.19. The molecule has 0 aromatic rings. The zero-order valence-corrected chi connectivity index (χ0v) is 22.9. The smallest absolute Gasteiger partial charge is 0.748 e. The number of aliphatic hydroxyl groups excluding tert-OH is 1. The van der Waals surface area contributed by atoms with Crippen LogP contribution in [-0.4, -0.2) is 29.4 Å². The molecule has 0 rings (SSSR count). The van der Waals surface area contributed by atoms with Gasteiger partial charge in [-0.05, 0) is 25.7 Å². The molecule has 164 valence electrons. The largest absolute Gasteiger partial charge is 1.00 e. The van der Waals surface area contributed by atoms with Crippen LogP contribution < -0.4 is 51.4 Å². The third-order valence-electron chi connectivity index (χ3n) is 5.49. The minimum Gasteiger partial charge on any atom is -0.748 e. The number of hydrogen-bond acceptors (Lipinski definition) is 4. The molecule has 0 aliphatic heterocycles. The fourth-order valence-electron chi connectivity index (χ4n) is 3.63. The van der Waals surface area contributed by atoms with Gasteiger partial charge >= 0.3 is 51.4 Å². The summed E-state index contributed by atoms with van der Waals surface area (Å²) < 4.78 is 34.5. The summed E-state index contributed by atoms with van der Waals surface area (Å²) in [5.74, 6) is 0. The fraction of sp³-hybridized carbons (Fsp3) is 1.00. The van der Waals surface area contributed by atoms with Gasteiger partial charge in [-0.25, -0.2) is 8.42 Å². The molecule has 6 heteroatoms. The Labute approximate surface area is 218 Å². The normalized spacial score (nSPS) is 13.9. The maximum absolute atomic E-state index is 11.5. The van der Waals surface area contributed by atoms with E-state index in [-0.39, 0.29) is 57.5 Å². The zero-order valence-electron chi connectivity index (χ0n) is 19.0. The molecular weight excluding hydrogens is 399 g/mol. The van der Waals surface area contributed by atoms with Crippen LogP contribution in [0.5, 0.6) is 0 Å². The predicted molar refractivity (Wildman–Crippen MR) is 114 cm³/mol. The number of hydrogen-bond donors (Lipinski definition) is 1. The SMILES string of the molecule is CCCCCCCCCCCC(CCCCCC(O)CCCC)S(=O)(=O)[O-].[K+]. The zero-order chi connectivity index (χ0) is 20.4. The van der Waals surface area contributed by atoms with E-state index in [1.165, 1.54) is 38.5 Å². The minimum atomic E-state index is -4.19. The summed E-state index contributed by atoms with van der Waals surface area (Å²) in [6.07, 6.45) is 17.9. The summed E-state index contributed by atoms with van der Waals surface area (Å²) in [4.78, 5) is 0. The second-order valence-corrected chi connectivity index (χ2v) is 9.82. The minimum absolute atomic E-state index is 0. The standard InChI is InChI=1S/C22H46O4S.K/c1-3-5-7-8-9-10-11-12-15-19-22(27(24,25)26)20-16-13-14-18-21(23)17-6-4-2;/h21-23H,3-20H2,1-2H3,(H,24,25,26);/q;+1/p-1. The quantitative estimate of drug-likeness (QED) is 0.177. The van der Waals surface area contributed by atoms with Crippen LogP contribution in [0.15, 0.2) is 0 Å². The van der Waals surface area contributed by atoms with E-state index in [4.69, 9.17) is 0 Å². The van der Waals surface area contributed by atoms with Gasteiger partial charge in [0.25, 0.3) is 0 Å². The summed E-state index contributed by atoms with van der Waals surface area (Å²) in [6, 6.07) is 0. The maximum Gasteiger partial charge on any atom is 1.00 e. The van der Waals surface area contributed by atoms with E-state index in [0.717, 1.165) is 64.2 Å². The number of rotatable bonds is 20. The van der Waals surface area contributed by atoms with Gasteiger partial charge in [-0.15, -0.1) is 0 Å². The summed E-state index contributed by atoms with van der Waals surface area (Å²) >= 11 is 0. The molecule has 2 unspecified atom stereocenters. The van der Waals surface area contributed by atoms with Crippen LogP contribution in [0.1, 0.15) is 129 Å². The third kappa shape index (κ3) is 20.8. The number of aliphatic hydroxyl groups is 1. The molecule has 4 nitrogen and oxygen atoms in total. The summed E-state index contributed by atoms with van der Waals surface area (Å²) in [5.41, 5.74) is 0. The Hall–Kier alpha value is 1.51. The van der Waals surface area contributed by atoms with Crippen molar-refractivity contribution in [2.45, 2.75) is 141 Å². The van der Waals surface area contributed by atoms with E-state index in [2.05, 4.69) is 13.8 Å². The van der Waals surface area contributed by atoms with Crippen LogP contribution in [0.25, 0.3) is 0 Å². The van der Waals surface area contributed by atoms with Gasteiger partial charge in [-0.1, -0.05) is 104 Å². The molecule has 0 aromatic carbocycles. The summed E-state index contributed by atoms with van der Waals surface area (Å²) in [5, 5.41) is 9.10. The van der Waals surface area contributed by atoms with Crippen LogP contribution in [0.3, 0.4) is 0 Å². The van der Waals surface area contributed by atoms with Gasteiger partial charge < -0.3 is 9.66 Å². The van der Waals surface area contributed by atoms with Gasteiger partial charge in [0.1, 0.15) is 0 Å². The van der Waals surface area contributed by atoms with E-state index in [9.17, 15) is 18.1 Å². The van der Waals surface area contributed by atoms with Crippen molar-refractivity contribution in [2.75, 3.05) is 0 Å². The van der Waals surface area contributed by atoms with Crippen molar-refractivity contribution in [3.05, 3.63) is 0 Å². The molecule has 0 bridgehead atoms. The molecule has 0 aliphatic carbocycles. The number of unbranched alkanes of at least 4 members (excludes halogenated alkanes) is 11. The van der Waals surface area contributed by atoms with Gasteiger partial charge in [0, 0.05) is 5.25 Å². The summed E-state index contributed by atoms with van der Waals surface area (Å²) in [6.45, 7) is 4.33. The van der Waals surface area contributed by atoms with E-state index in [0.29, 0.717) is 12.8 Å². The monoisotopic (exact) mass is 444 g/mol. The van der Waals surface area contributed by atoms with Crippen molar-refractivity contribution in [1.29, 1.82) is 0 Å². The Morgan fingerprint density at radius 3 is 1.46 bits per heavy atom. The molecule has 1 N–H and O–H groups in total. The first kappa shape index (κ1) is 31.7. The first-order chi connectivity index (χ1) is 12.9. The molecule has 28 heavy (non-hydrogen) atoms. The van der Waals surface area contributed by atoms with E-state index >= 15 is 0 Å². The van der Waals surface area contributed by atoms with Crippen molar-refractivity contribution < 1.29 is 69.5 Å². The molecule has 0 aromatic heterocycles. The molecule has 0 amide bonds. The van der Waals surface area contributed by atoms with Crippen molar-refractivity contribution in [1.82, 2.24) is 0 Å². The average Bonchev–Trinajstić information content (AvgIpc) is 2.62. The molecule has 0 saturated carbocycles. The molecule has 2 atom stereocenters. The van der Waals surface area contributed by atoms with Crippen LogP contribution in [0.4, 0.5) is 0 Å². The van der Waals surface area contributed by atoms with Crippen LogP contribution >= 0.6 is 0 Å². The van der Waals surface area contributed by atoms with Gasteiger partial charge in [-0.3, -0.25) is 0 Å². The molecular formula is C22H45KO4S. The second-order valence-electron chi connectivity index (χ2n) is 8.17. The van der Waals surface area contributed by atoms with Crippen molar-refractivity contribution in [2.24, 2.45) is 0 Å². The maximum atomic E-state index is 11.5. The van der Waals surface area contributed by atoms with Gasteiger partial charge in [0.15, 0.2) is 0 Å². The molecule has 0 saturated heterocycles. The molecule has 0 heterocycles. The van der Waals surface area contributed by atoms with E-state index in [1.54, 1.807) is 0 Å². The third-order valence-corrected chi connectivity index (χ3v) is 6.78. The second kappa shape index (κ2) is 21.7.